The summed E-state index contributed by atoms with van der Waals surface area (Å²) in [6.07, 6.45) is 5.44. The molecule has 2 aromatic rings. The first kappa shape index (κ1) is 17.2. The zero-order valence-electron chi connectivity index (χ0n) is 14.5. The van der Waals surface area contributed by atoms with E-state index in [1.54, 1.807) is 0 Å². The Morgan fingerprint density at radius 2 is 1.67 bits per heavy atom. The van der Waals surface area contributed by atoms with Crippen molar-refractivity contribution in [3.63, 3.8) is 0 Å². The van der Waals surface area contributed by atoms with Crippen LogP contribution in [-0.4, -0.2) is 18.1 Å². The molecule has 24 heavy (non-hydrogen) atoms. The molecule has 0 bridgehead atoms. The molecule has 0 saturated carbocycles. The normalized spacial score (nSPS) is 20.2. The molecule has 2 aromatic carbocycles. The molecule has 0 aromatic heterocycles. The number of unbranched alkanes of at least 4 members (excludes halogenated alkanes) is 1. The molecular formula is C22H26ClN. The summed E-state index contributed by atoms with van der Waals surface area (Å²) in [5.74, 6) is 0.755. The van der Waals surface area contributed by atoms with Crippen molar-refractivity contribution in [2.24, 2.45) is 4.99 Å². The van der Waals surface area contributed by atoms with Crippen LogP contribution in [-0.2, 0) is 11.8 Å². The van der Waals surface area contributed by atoms with Crippen LogP contribution in [0.2, 0.25) is 0 Å². The van der Waals surface area contributed by atoms with Gasteiger partial charge in [-0.1, -0.05) is 61.5 Å². The maximum atomic E-state index is 5.78. The summed E-state index contributed by atoms with van der Waals surface area (Å²) in [5.41, 5.74) is 5.44. The van der Waals surface area contributed by atoms with Crippen LogP contribution in [0.1, 0.15) is 49.3 Å². The number of hydrogen-bond donors (Lipinski definition) is 0. The molecule has 0 spiro atoms. The van der Waals surface area contributed by atoms with Crippen LogP contribution in [0.5, 0.6) is 0 Å². The first-order valence-electron chi connectivity index (χ1n) is 9.06. The molecular weight excluding hydrogens is 314 g/mol. The predicted molar refractivity (Wildman–Crippen MR) is 105 cm³/mol. The minimum atomic E-state index is -0.0370. The average molecular weight is 340 g/mol. The lowest BCUT2D eigenvalue weighted by atomic mass is 9.69. The maximum absolute atomic E-state index is 5.78. The number of aryl methyl sites for hydroxylation is 1. The highest BCUT2D eigenvalue weighted by molar-refractivity contribution is 6.17. The summed E-state index contributed by atoms with van der Waals surface area (Å²) in [6, 6.07) is 20.1. The van der Waals surface area contributed by atoms with E-state index in [2.05, 4.69) is 61.5 Å². The lowest BCUT2D eigenvalue weighted by Gasteiger charge is -2.32. The highest BCUT2D eigenvalue weighted by Crippen LogP contribution is 2.41. The van der Waals surface area contributed by atoms with Crippen LogP contribution in [0.4, 0.5) is 0 Å². The van der Waals surface area contributed by atoms with Gasteiger partial charge in [0.15, 0.2) is 0 Å². The lowest BCUT2D eigenvalue weighted by molar-refractivity contribution is 0.663. The SMILES string of the molecule is CCC1=NCCC1(c1ccccc1)c1ccc(CCCCCl)cc1. The first-order chi connectivity index (χ1) is 11.8. The summed E-state index contributed by atoms with van der Waals surface area (Å²) >= 11 is 5.78. The van der Waals surface area contributed by atoms with E-state index in [0.29, 0.717) is 0 Å². The monoisotopic (exact) mass is 339 g/mol. The van der Waals surface area contributed by atoms with E-state index in [1.165, 1.54) is 22.4 Å². The number of aliphatic imine (C=N–C) groups is 1. The first-order valence-corrected chi connectivity index (χ1v) is 9.59. The highest BCUT2D eigenvalue weighted by atomic mass is 35.5. The van der Waals surface area contributed by atoms with Gasteiger partial charge in [-0.05, 0) is 48.8 Å². The number of nitrogens with zero attached hydrogens (tertiary/aromatic N) is 1. The third-order valence-corrected chi connectivity index (χ3v) is 5.45. The van der Waals surface area contributed by atoms with E-state index in [9.17, 15) is 0 Å². The molecule has 126 valence electrons. The van der Waals surface area contributed by atoms with Gasteiger partial charge in [0.1, 0.15) is 0 Å². The van der Waals surface area contributed by atoms with Crippen molar-refractivity contribution in [2.75, 3.05) is 12.4 Å². The van der Waals surface area contributed by atoms with Gasteiger partial charge in [0.25, 0.3) is 0 Å². The molecule has 1 aliphatic rings. The van der Waals surface area contributed by atoms with Gasteiger partial charge in [0.2, 0.25) is 0 Å². The molecule has 1 heterocycles. The van der Waals surface area contributed by atoms with E-state index >= 15 is 0 Å². The van der Waals surface area contributed by atoms with Crippen LogP contribution < -0.4 is 0 Å². The Balaban J connectivity index is 1.94. The van der Waals surface area contributed by atoms with Gasteiger partial charge in [-0.3, -0.25) is 4.99 Å². The molecule has 0 N–H and O–H groups in total. The van der Waals surface area contributed by atoms with Crippen LogP contribution in [0, 0.1) is 0 Å². The lowest BCUT2D eigenvalue weighted by Crippen LogP contribution is -2.34. The van der Waals surface area contributed by atoms with E-state index in [1.807, 2.05) is 0 Å². The minimum absolute atomic E-state index is 0.0370. The van der Waals surface area contributed by atoms with Gasteiger partial charge in [0.05, 0.1) is 5.41 Å². The Morgan fingerprint density at radius 3 is 2.33 bits per heavy atom. The summed E-state index contributed by atoms with van der Waals surface area (Å²) in [6.45, 7) is 3.15. The molecule has 3 rings (SSSR count). The fraction of sp³-hybridized carbons (Fsp3) is 0.409. The van der Waals surface area contributed by atoms with Crippen molar-refractivity contribution in [1.82, 2.24) is 0 Å². The summed E-state index contributed by atoms with van der Waals surface area (Å²) < 4.78 is 0. The molecule has 1 unspecified atom stereocenters. The molecule has 1 atom stereocenters. The van der Waals surface area contributed by atoms with Gasteiger partial charge in [-0.2, -0.15) is 0 Å². The van der Waals surface area contributed by atoms with E-state index in [-0.39, 0.29) is 5.41 Å². The van der Waals surface area contributed by atoms with Gasteiger partial charge in [0, 0.05) is 18.1 Å². The van der Waals surface area contributed by atoms with E-state index in [4.69, 9.17) is 16.6 Å². The summed E-state index contributed by atoms with van der Waals surface area (Å²) in [4.78, 5) is 4.85. The Bertz CT molecular complexity index is 675. The third-order valence-electron chi connectivity index (χ3n) is 5.18. The zero-order chi connectivity index (χ0) is 16.8. The molecule has 0 saturated heterocycles. The van der Waals surface area contributed by atoms with Crippen LogP contribution in [0.15, 0.2) is 59.6 Å². The smallest absolute Gasteiger partial charge is 0.0597 e. The standard InChI is InChI=1S/C22H26ClN/c1-2-21-22(15-17-24-21,19-9-4-3-5-10-19)20-13-11-18(12-14-20)8-6-7-16-23/h3-5,9-14H,2,6-8,15-17H2,1H3. The van der Waals surface area contributed by atoms with E-state index < -0.39 is 0 Å². The van der Waals surface area contributed by atoms with Crippen molar-refractivity contribution >= 4 is 17.3 Å². The fourth-order valence-corrected chi connectivity index (χ4v) is 4.13. The minimum Gasteiger partial charge on any atom is -0.293 e. The second-order valence-electron chi connectivity index (χ2n) is 6.55. The molecule has 0 amide bonds. The number of rotatable bonds is 7. The van der Waals surface area contributed by atoms with Crippen molar-refractivity contribution < 1.29 is 0 Å². The van der Waals surface area contributed by atoms with Crippen molar-refractivity contribution in [3.05, 3.63) is 71.3 Å². The molecule has 1 nitrogen and oxygen atoms in total. The van der Waals surface area contributed by atoms with Crippen molar-refractivity contribution in [2.45, 2.75) is 44.4 Å². The molecule has 0 aliphatic carbocycles. The van der Waals surface area contributed by atoms with Gasteiger partial charge in [-0.15, -0.1) is 11.6 Å². The Morgan fingerprint density at radius 1 is 0.958 bits per heavy atom. The Labute approximate surface area is 150 Å². The Hall–Kier alpha value is -1.60. The zero-order valence-corrected chi connectivity index (χ0v) is 15.2. The number of halogens is 1. The van der Waals surface area contributed by atoms with Gasteiger partial charge in [-0.25, -0.2) is 0 Å². The van der Waals surface area contributed by atoms with Gasteiger partial charge < -0.3 is 0 Å². The largest absolute Gasteiger partial charge is 0.293 e. The highest BCUT2D eigenvalue weighted by Gasteiger charge is 2.41. The maximum Gasteiger partial charge on any atom is 0.0597 e. The molecule has 1 aliphatic heterocycles. The average Bonchev–Trinajstić information content (AvgIpc) is 3.08. The van der Waals surface area contributed by atoms with Crippen LogP contribution in [0.3, 0.4) is 0 Å². The number of benzene rings is 2. The molecule has 0 radical (unpaired) electrons. The second kappa shape index (κ2) is 7.98. The topological polar surface area (TPSA) is 12.4 Å². The fourth-order valence-electron chi connectivity index (χ4n) is 3.94. The quantitative estimate of drug-likeness (QED) is 0.447. The second-order valence-corrected chi connectivity index (χ2v) is 6.92. The van der Waals surface area contributed by atoms with Crippen molar-refractivity contribution in [3.8, 4) is 0 Å². The van der Waals surface area contributed by atoms with Crippen LogP contribution >= 0.6 is 11.6 Å². The summed E-state index contributed by atoms with van der Waals surface area (Å²) in [5, 5.41) is 0. The Kier molecular flexibility index (Phi) is 5.73. The predicted octanol–water partition coefficient (Wildman–Crippen LogP) is 5.79. The number of hydrogen-bond acceptors (Lipinski definition) is 1. The number of alkyl halides is 1. The van der Waals surface area contributed by atoms with Crippen molar-refractivity contribution in [1.29, 1.82) is 0 Å². The van der Waals surface area contributed by atoms with Crippen LogP contribution in [0.25, 0.3) is 0 Å². The summed E-state index contributed by atoms with van der Waals surface area (Å²) in [7, 11) is 0. The van der Waals surface area contributed by atoms with Gasteiger partial charge >= 0.3 is 0 Å². The molecule has 2 heteroatoms. The van der Waals surface area contributed by atoms with E-state index in [0.717, 1.165) is 44.5 Å². The third kappa shape index (κ3) is 3.28. The molecule has 0 fully saturated rings.